The second kappa shape index (κ2) is 7.95. The van der Waals surface area contributed by atoms with Crippen molar-refractivity contribution in [3.8, 4) is 16.2 Å². The van der Waals surface area contributed by atoms with Gasteiger partial charge in [0.25, 0.3) is 11.8 Å². The average Bonchev–Trinajstić information content (AvgIpc) is 3.18. The third kappa shape index (κ3) is 4.48. The molecule has 156 valence electrons. The molecule has 0 saturated carbocycles. The van der Waals surface area contributed by atoms with Crippen molar-refractivity contribution in [2.45, 2.75) is 20.3 Å². The number of phenols is 1. The maximum absolute atomic E-state index is 14.6. The van der Waals surface area contributed by atoms with E-state index >= 15 is 0 Å². The molecule has 1 saturated heterocycles. The van der Waals surface area contributed by atoms with E-state index in [0.29, 0.717) is 21.6 Å². The first kappa shape index (κ1) is 21.0. The van der Waals surface area contributed by atoms with E-state index in [9.17, 15) is 27.5 Å². The predicted molar refractivity (Wildman–Crippen MR) is 105 cm³/mol. The molecule has 2 amide bonds. The lowest BCUT2D eigenvalue weighted by atomic mass is 10.1. The Morgan fingerprint density at radius 3 is 2.76 bits per heavy atom. The number of amides is 2. The van der Waals surface area contributed by atoms with Gasteiger partial charge >= 0.3 is 10.2 Å². The van der Waals surface area contributed by atoms with Crippen LogP contribution in [0.2, 0.25) is 0 Å². The van der Waals surface area contributed by atoms with Crippen molar-refractivity contribution in [2.24, 2.45) is 5.92 Å². The summed E-state index contributed by atoms with van der Waals surface area (Å²) in [5, 5.41) is 13.2. The highest BCUT2D eigenvalue weighted by Gasteiger charge is 2.37. The molecule has 3 rings (SSSR count). The van der Waals surface area contributed by atoms with Crippen LogP contribution >= 0.6 is 11.3 Å². The molecule has 12 heteroatoms. The normalized spacial score (nSPS) is 15.6. The highest BCUT2D eigenvalue weighted by Crippen LogP contribution is 2.38. The van der Waals surface area contributed by atoms with Crippen LogP contribution in [0.15, 0.2) is 18.3 Å². The highest BCUT2D eigenvalue weighted by molar-refractivity contribution is 7.92. The zero-order valence-electron chi connectivity index (χ0n) is 15.6. The predicted octanol–water partition coefficient (Wildman–Crippen LogP) is 1.61. The molecule has 9 nitrogen and oxygen atoms in total. The fourth-order valence-corrected chi connectivity index (χ4v) is 4.67. The zero-order valence-corrected chi connectivity index (χ0v) is 17.2. The summed E-state index contributed by atoms with van der Waals surface area (Å²) in [4.78, 5) is 27.9. The van der Waals surface area contributed by atoms with E-state index in [1.165, 1.54) is 6.20 Å². The molecule has 0 bridgehead atoms. The van der Waals surface area contributed by atoms with Crippen LogP contribution in [-0.2, 0) is 15.0 Å². The van der Waals surface area contributed by atoms with Crippen molar-refractivity contribution in [3.05, 3.63) is 29.2 Å². The zero-order chi connectivity index (χ0) is 21.3. The van der Waals surface area contributed by atoms with Crippen LogP contribution in [0.1, 0.15) is 30.1 Å². The number of nitrogens with zero attached hydrogens (tertiary/aromatic N) is 2. The van der Waals surface area contributed by atoms with Gasteiger partial charge in [0.15, 0.2) is 10.8 Å². The Hall–Kier alpha value is -2.73. The number of carbonyl (C=O) groups excluding carboxylic acids is 2. The maximum atomic E-state index is 14.6. The minimum absolute atomic E-state index is 0.185. The summed E-state index contributed by atoms with van der Waals surface area (Å²) in [5.74, 6) is -2.43. The molecule has 0 radical (unpaired) electrons. The SMILES string of the molecule is CC(C)CCNC(=O)c1ncc(-c2cc(O)c(N3CC(=O)NS3(=O)=O)c(F)c2)s1. The van der Waals surface area contributed by atoms with Gasteiger partial charge in [-0.3, -0.25) is 9.59 Å². The van der Waals surface area contributed by atoms with Gasteiger partial charge < -0.3 is 10.4 Å². The first-order chi connectivity index (χ1) is 13.6. The van der Waals surface area contributed by atoms with Crippen LogP contribution in [-0.4, -0.2) is 43.4 Å². The number of aromatic hydroxyl groups is 1. The third-order valence-electron chi connectivity index (χ3n) is 4.10. The van der Waals surface area contributed by atoms with Gasteiger partial charge in [-0.1, -0.05) is 13.8 Å². The van der Waals surface area contributed by atoms with Crippen LogP contribution in [0.3, 0.4) is 0 Å². The Kier molecular flexibility index (Phi) is 5.75. The smallest absolute Gasteiger partial charge is 0.326 e. The van der Waals surface area contributed by atoms with E-state index in [2.05, 4.69) is 10.3 Å². The number of halogens is 1. The Labute approximate surface area is 170 Å². The Morgan fingerprint density at radius 2 is 2.17 bits per heavy atom. The molecule has 1 aromatic heterocycles. The van der Waals surface area contributed by atoms with E-state index in [-0.39, 0.29) is 16.5 Å². The summed E-state index contributed by atoms with van der Waals surface area (Å²) in [6.45, 7) is 3.95. The van der Waals surface area contributed by atoms with Crippen molar-refractivity contribution < 1.29 is 27.5 Å². The summed E-state index contributed by atoms with van der Waals surface area (Å²) in [5.41, 5.74) is -0.401. The number of thiazole rings is 1. The van der Waals surface area contributed by atoms with Crippen LogP contribution in [0, 0.1) is 11.7 Å². The molecule has 3 N–H and O–H groups in total. The van der Waals surface area contributed by atoms with Gasteiger partial charge in [-0.05, 0) is 24.5 Å². The van der Waals surface area contributed by atoms with Gasteiger partial charge in [0, 0.05) is 18.3 Å². The average molecular weight is 442 g/mol. The lowest BCUT2D eigenvalue weighted by Crippen LogP contribution is -2.30. The fraction of sp³-hybridized carbons (Fsp3) is 0.353. The van der Waals surface area contributed by atoms with Crippen molar-refractivity contribution >= 4 is 39.0 Å². The van der Waals surface area contributed by atoms with E-state index in [1.807, 2.05) is 13.8 Å². The highest BCUT2D eigenvalue weighted by atomic mass is 32.2. The lowest BCUT2D eigenvalue weighted by Gasteiger charge is -2.17. The van der Waals surface area contributed by atoms with E-state index < -0.39 is 39.9 Å². The number of phenolic OH excluding ortho intramolecular Hbond substituents is 1. The number of hydrogen-bond acceptors (Lipinski definition) is 7. The topological polar surface area (TPSA) is 129 Å². The molecule has 1 aliphatic rings. The first-order valence-corrected chi connectivity index (χ1v) is 10.9. The van der Waals surface area contributed by atoms with Crippen molar-refractivity contribution in [1.82, 2.24) is 15.0 Å². The minimum Gasteiger partial charge on any atom is -0.506 e. The summed E-state index contributed by atoms with van der Waals surface area (Å²) >= 11 is 1.01. The van der Waals surface area contributed by atoms with Crippen LogP contribution in [0.25, 0.3) is 10.4 Å². The fourth-order valence-electron chi connectivity index (χ4n) is 2.68. The Bertz CT molecular complexity index is 1040. The number of rotatable bonds is 6. The molecule has 1 aromatic carbocycles. The minimum atomic E-state index is -4.26. The second-order valence-electron chi connectivity index (χ2n) is 6.83. The molecule has 0 unspecified atom stereocenters. The van der Waals surface area contributed by atoms with E-state index in [0.717, 1.165) is 29.9 Å². The lowest BCUT2D eigenvalue weighted by molar-refractivity contribution is -0.117. The van der Waals surface area contributed by atoms with Gasteiger partial charge in [0.2, 0.25) is 0 Å². The first-order valence-electron chi connectivity index (χ1n) is 8.68. The van der Waals surface area contributed by atoms with E-state index in [4.69, 9.17) is 0 Å². The van der Waals surface area contributed by atoms with Gasteiger partial charge in [-0.2, -0.15) is 8.42 Å². The summed E-state index contributed by atoms with van der Waals surface area (Å²) in [7, 11) is -4.26. The number of carbonyl (C=O) groups is 2. The summed E-state index contributed by atoms with van der Waals surface area (Å²) in [6, 6.07) is 2.17. The molecular formula is C17H19FN4O5S2. The maximum Gasteiger partial charge on any atom is 0.326 e. The second-order valence-corrected chi connectivity index (χ2v) is 9.46. The number of hydrogen-bond donors (Lipinski definition) is 3. The molecule has 0 spiro atoms. The summed E-state index contributed by atoms with van der Waals surface area (Å²) in [6.07, 6.45) is 2.19. The molecule has 1 fully saturated rings. The van der Waals surface area contributed by atoms with Crippen LogP contribution < -0.4 is 14.3 Å². The van der Waals surface area contributed by atoms with Crippen molar-refractivity contribution in [1.29, 1.82) is 0 Å². The molecular weight excluding hydrogens is 423 g/mol. The number of anilines is 1. The van der Waals surface area contributed by atoms with Crippen molar-refractivity contribution in [3.63, 3.8) is 0 Å². The summed E-state index contributed by atoms with van der Waals surface area (Å²) < 4.78 is 40.6. The molecule has 2 aromatic rings. The van der Waals surface area contributed by atoms with Gasteiger partial charge in [0.05, 0.1) is 4.88 Å². The number of nitrogens with one attached hydrogen (secondary N) is 2. The van der Waals surface area contributed by atoms with Gasteiger partial charge in [-0.25, -0.2) is 18.4 Å². The monoisotopic (exact) mass is 442 g/mol. The molecule has 1 aliphatic heterocycles. The molecule has 2 heterocycles. The molecule has 29 heavy (non-hydrogen) atoms. The van der Waals surface area contributed by atoms with Crippen molar-refractivity contribution in [2.75, 3.05) is 17.4 Å². The van der Waals surface area contributed by atoms with E-state index in [1.54, 1.807) is 4.72 Å². The molecule has 0 aliphatic carbocycles. The van der Waals surface area contributed by atoms with Crippen LogP contribution in [0.4, 0.5) is 10.1 Å². The number of benzene rings is 1. The number of aromatic nitrogens is 1. The largest absolute Gasteiger partial charge is 0.506 e. The quantitative estimate of drug-likeness (QED) is 0.623. The van der Waals surface area contributed by atoms with Gasteiger partial charge in [-0.15, -0.1) is 11.3 Å². The standard InChI is InChI=1S/C17H19FN4O5S2/c1-9(2)3-4-19-16(25)17-20-7-13(28-17)10-5-11(18)15(12(23)6-10)22-8-14(24)21-29(22,26)27/h5-7,9,23H,3-4,8H2,1-2H3,(H,19,25)(H,21,24). The Morgan fingerprint density at radius 1 is 1.45 bits per heavy atom. The van der Waals surface area contributed by atoms with Crippen LogP contribution in [0.5, 0.6) is 5.75 Å². The molecule has 0 atom stereocenters. The third-order valence-corrected chi connectivity index (χ3v) is 6.53. The van der Waals surface area contributed by atoms with Gasteiger partial charge in [0.1, 0.15) is 18.0 Å². The Balaban J connectivity index is 1.84.